The van der Waals surface area contributed by atoms with Gasteiger partial charge < -0.3 is 9.09 Å². The highest BCUT2D eigenvalue weighted by atomic mass is 28.3. The second-order valence-electron chi connectivity index (χ2n) is 5.79. The van der Waals surface area contributed by atoms with Crippen molar-refractivity contribution in [2.45, 2.75) is 38.3 Å². The summed E-state index contributed by atoms with van der Waals surface area (Å²) in [6.07, 6.45) is 2.68. The lowest BCUT2D eigenvalue weighted by molar-refractivity contribution is 0.423. The molecule has 1 aromatic rings. The maximum absolute atomic E-state index is 5.22. The van der Waals surface area contributed by atoms with Gasteiger partial charge in [0.05, 0.1) is 8.07 Å². The van der Waals surface area contributed by atoms with Crippen LogP contribution in [0.25, 0.3) is 0 Å². The minimum absolute atomic E-state index is 0.743. The first kappa shape index (κ1) is 10.9. The van der Waals surface area contributed by atoms with E-state index in [2.05, 4.69) is 40.9 Å². The number of hydrogen-bond acceptors (Lipinski definition) is 4. The van der Waals surface area contributed by atoms with Crippen molar-refractivity contribution in [2.24, 2.45) is 0 Å². The molecule has 1 saturated heterocycles. The quantitative estimate of drug-likeness (QED) is 0.708. The summed E-state index contributed by atoms with van der Waals surface area (Å²) >= 11 is 0. The molecule has 6 heteroatoms. The van der Waals surface area contributed by atoms with Crippen LogP contribution in [-0.2, 0) is 0 Å². The third kappa shape index (κ3) is 2.15. The zero-order valence-electron chi connectivity index (χ0n) is 9.95. The molecule has 4 nitrogen and oxygen atoms in total. The van der Waals surface area contributed by atoms with Crippen LogP contribution >= 0.6 is 0 Å². The fraction of sp³-hybridized carbons (Fsp3) is 0.778. The van der Waals surface area contributed by atoms with E-state index in [1.54, 1.807) is 0 Å². The minimum atomic E-state index is -1.34. The summed E-state index contributed by atoms with van der Waals surface area (Å²) in [6.45, 7) is 9.67. The van der Waals surface area contributed by atoms with Gasteiger partial charge in [0.2, 0.25) is 0 Å². The Morgan fingerprint density at radius 1 is 1.27 bits per heavy atom. The van der Waals surface area contributed by atoms with Crippen LogP contribution in [0.1, 0.15) is 0 Å². The highest BCUT2D eigenvalue weighted by Crippen LogP contribution is 2.33. The maximum Gasteiger partial charge on any atom is 0.315 e. The molecule has 1 fully saturated rings. The molecule has 0 N–H and O–H groups in total. The van der Waals surface area contributed by atoms with E-state index in [1.165, 1.54) is 24.6 Å². The predicted octanol–water partition coefficient (Wildman–Crippen LogP) is 2.34. The molecule has 2 rings (SSSR count). The van der Waals surface area contributed by atoms with Gasteiger partial charge in [-0.15, -0.1) is 0 Å². The van der Waals surface area contributed by atoms with Crippen LogP contribution in [0.4, 0.5) is 6.01 Å². The van der Waals surface area contributed by atoms with Gasteiger partial charge in [-0.05, 0) is 6.04 Å². The number of anilines is 1. The zero-order valence-corrected chi connectivity index (χ0v) is 11.9. The van der Waals surface area contributed by atoms with E-state index >= 15 is 0 Å². The van der Waals surface area contributed by atoms with E-state index in [1.807, 2.05) is 0 Å². The van der Waals surface area contributed by atoms with E-state index in [-0.39, 0.29) is 0 Å². The lowest BCUT2D eigenvalue weighted by atomic mass is 10.9. The van der Waals surface area contributed by atoms with E-state index in [9.17, 15) is 0 Å². The molecule has 15 heavy (non-hydrogen) atoms. The van der Waals surface area contributed by atoms with Gasteiger partial charge in [-0.3, -0.25) is 0 Å². The molecule has 84 valence electrons. The highest BCUT2D eigenvalue weighted by Gasteiger charge is 2.42. The van der Waals surface area contributed by atoms with Gasteiger partial charge in [0.15, 0.2) is 14.6 Å². The summed E-state index contributed by atoms with van der Waals surface area (Å²) < 4.78 is 7.65. The first-order valence-corrected chi connectivity index (χ1v) is 12.0. The molecule has 0 unspecified atom stereocenters. The molecule has 0 aliphatic carbocycles. The lowest BCUT2D eigenvalue weighted by Gasteiger charge is -2.45. The normalized spacial score (nSPS) is 24.1. The zero-order chi connectivity index (χ0) is 11.1. The number of rotatable bonds is 1. The van der Waals surface area contributed by atoms with E-state index in [0.717, 1.165) is 6.01 Å². The van der Waals surface area contributed by atoms with Gasteiger partial charge in [-0.1, -0.05) is 37.4 Å². The summed E-state index contributed by atoms with van der Waals surface area (Å²) in [5, 5.41) is 3.72. The SMILES string of the molecule is C[Si]1(C)CC[Si](C)(C)N(c2ncno2)C1. The van der Waals surface area contributed by atoms with Crippen LogP contribution in [0.2, 0.25) is 38.3 Å². The first-order valence-electron chi connectivity index (χ1n) is 5.45. The van der Waals surface area contributed by atoms with E-state index in [0.29, 0.717) is 0 Å². The second kappa shape index (κ2) is 3.45. The molecule has 1 aliphatic rings. The van der Waals surface area contributed by atoms with Gasteiger partial charge in [-0.2, -0.15) is 4.98 Å². The van der Waals surface area contributed by atoms with Crippen molar-refractivity contribution in [3.05, 3.63) is 6.33 Å². The van der Waals surface area contributed by atoms with E-state index < -0.39 is 16.3 Å². The smallest absolute Gasteiger partial charge is 0.315 e. The molecule has 0 spiro atoms. The Labute approximate surface area is 92.8 Å². The lowest BCUT2D eigenvalue weighted by Crippen LogP contribution is -2.60. The Morgan fingerprint density at radius 3 is 2.60 bits per heavy atom. The van der Waals surface area contributed by atoms with E-state index in [4.69, 9.17) is 4.52 Å². The first-order chi connectivity index (χ1) is 6.91. The molecule has 0 aromatic carbocycles. The molecule has 0 amide bonds. The average Bonchev–Trinajstić information content (AvgIpc) is 2.62. The van der Waals surface area contributed by atoms with Crippen LogP contribution in [-0.4, -0.2) is 32.6 Å². The molecule has 0 saturated carbocycles. The minimum Gasteiger partial charge on any atom is -0.354 e. The molecule has 0 atom stereocenters. The Balaban J connectivity index is 2.27. The fourth-order valence-corrected chi connectivity index (χ4v) is 12.3. The van der Waals surface area contributed by atoms with Crippen LogP contribution in [0.3, 0.4) is 0 Å². The number of hydrogen-bond donors (Lipinski definition) is 0. The second-order valence-corrected chi connectivity index (χ2v) is 15.6. The molecule has 1 aromatic heterocycles. The maximum atomic E-state index is 5.22. The van der Waals surface area contributed by atoms with Gasteiger partial charge in [0, 0.05) is 6.17 Å². The van der Waals surface area contributed by atoms with Crippen LogP contribution in [0, 0.1) is 0 Å². The fourth-order valence-electron chi connectivity index (χ4n) is 2.11. The molecule has 0 bridgehead atoms. The van der Waals surface area contributed by atoms with Crippen molar-refractivity contribution < 1.29 is 4.52 Å². The molecule has 0 radical (unpaired) electrons. The summed E-state index contributed by atoms with van der Waals surface area (Å²) in [4.78, 5) is 4.21. The summed E-state index contributed by atoms with van der Waals surface area (Å²) in [7, 11) is -2.41. The summed E-state index contributed by atoms with van der Waals surface area (Å²) in [5.41, 5.74) is 0. The van der Waals surface area contributed by atoms with Crippen molar-refractivity contribution in [1.82, 2.24) is 10.1 Å². The summed E-state index contributed by atoms with van der Waals surface area (Å²) in [6, 6.07) is 3.54. The Morgan fingerprint density at radius 2 is 2.00 bits per heavy atom. The standard InChI is InChI=1S/C9H19N3OSi2/c1-14(2)5-6-15(3,4)12(8-14)9-10-7-11-13-9/h7H,5-6,8H2,1-4H3. The molecular weight excluding hydrogens is 222 g/mol. The van der Waals surface area contributed by atoms with Gasteiger partial charge in [-0.25, -0.2) is 0 Å². The molecule has 1 aliphatic heterocycles. The van der Waals surface area contributed by atoms with Gasteiger partial charge >= 0.3 is 6.01 Å². The largest absolute Gasteiger partial charge is 0.354 e. The number of nitrogens with zero attached hydrogens (tertiary/aromatic N) is 3. The average molecular weight is 241 g/mol. The molecule has 2 heterocycles. The van der Waals surface area contributed by atoms with Crippen molar-refractivity contribution in [3.63, 3.8) is 0 Å². The third-order valence-corrected chi connectivity index (χ3v) is 10.2. The monoisotopic (exact) mass is 241 g/mol. The van der Waals surface area contributed by atoms with Gasteiger partial charge in [0.1, 0.15) is 0 Å². The Kier molecular flexibility index (Phi) is 2.50. The van der Waals surface area contributed by atoms with Gasteiger partial charge in [0.25, 0.3) is 0 Å². The Hall–Kier alpha value is -0.626. The van der Waals surface area contributed by atoms with Crippen molar-refractivity contribution in [3.8, 4) is 0 Å². The van der Waals surface area contributed by atoms with Crippen LogP contribution in [0.15, 0.2) is 10.9 Å². The van der Waals surface area contributed by atoms with Crippen LogP contribution in [0.5, 0.6) is 0 Å². The third-order valence-electron chi connectivity index (χ3n) is 3.31. The van der Waals surface area contributed by atoms with Crippen molar-refractivity contribution >= 4 is 22.3 Å². The predicted molar refractivity (Wildman–Crippen MR) is 66.2 cm³/mol. The molecular formula is C9H19N3OSi2. The number of aromatic nitrogens is 2. The highest BCUT2D eigenvalue weighted by molar-refractivity contribution is 6.89. The van der Waals surface area contributed by atoms with Crippen LogP contribution < -0.4 is 4.57 Å². The topological polar surface area (TPSA) is 42.2 Å². The summed E-state index contributed by atoms with van der Waals surface area (Å²) in [5.74, 6) is 0. The van der Waals surface area contributed by atoms with Crippen molar-refractivity contribution in [1.29, 1.82) is 0 Å². The Bertz CT molecular complexity index is 337. The van der Waals surface area contributed by atoms with Crippen molar-refractivity contribution in [2.75, 3.05) is 10.7 Å².